The van der Waals surface area contributed by atoms with Gasteiger partial charge >= 0.3 is 0 Å². The predicted molar refractivity (Wildman–Crippen MR) is 138 cm³/mol. The van der Waals surface area contributed by atoms with Crippen LogP contribution in [0.15, 0.2) is 82.8 Å². The summed E-state index contributed by atoms with van der Waals surface area (Å²) in [5.74, 6) is 0.790. The number of amides is 1. The fourth-order valence-corrected chi connectivity index (χ4v) is 4.97. The molecule has 10 heteroatoms. The lowest BCUT2D eigenvalue weighted by Crippen LogP contribution is -2.40. The Morgan fingerprint density at radius 3 is 2.14 bits per heavy atom. The Morgan fingerprint density at radius 2 is 1.50 bits per heavy atom. The van der Waals surface area contributed by atoms with Crippen LogP contribution in [0.3, 0.4) is 0 Å². The zero-order valence-corrected chi connectivity index (χ0v) is 21.4. The number of ether oxygens (including phenoxy) is 3. The van der Waals surface area contributed by atoms with E-state index < -0.39 is 22.5 Å². The number of hydrogen-bond acceptors (Lipinski definition) is 7. The molecule has 0 aliphatic carbocycles. The molecule has 3 rings (SSSR count). The molecule has 0 radical (unpaired) electrons. The number of anilines is 1. The largest absolute Gasteiger partial charge is 0.495 e. The fraction of sp³-hybridized carbons (Fsp3) is 0.231. The molecule has 0 fully saturated rings. The highest BCUT2D eigenvalue weighted by Gasteiger charge is 2.29. The summed E-state index contributed by atoms with van der Waals surface area (Å²) in [6.07, 6.45) is 0.508. The van der Waals surface area contributed by atoms with Gasteiger partial charge in [-0.15, -0.1) is 0 Å². The number of sulfonamides is 1. The quantitative estimate of drug-likeness (QED) is 0.310. The molecular weight excluding hydrogens is 482 g/mol. The molecule has 0 saturated carbocycles. The highest BCUT2D eigenvalue weighted by atomic mass is 32.2. The summed E-state index contributed by atoms with van der Waals surface area (Å²) in [4.78, 5) is 13.0. The third kappa shape index (κ3) is 5.95. The smallest absolute Gasteiger partial charge is 0.264 e. The van der Waals surface area contributed by atoms with Crippen LogP contribution in [0.1, 0.15) is 18.9 Å². The van der Waals surface area contributed by atoms with E-state index in [4.69, 9.17) is 14.2 Å². The maximum absolute atomic E-state index is 13.5. The Balaban J connectivity index is 1.92. The summed E-state index contributed by atoms with van der Waals surface area (Å²) in [6.45, 7) is 1.38. The SMILES string of the molecule is CC/C(=N/NC(=O)CN(c1ccccc1OC)S(=O)(=O)c1ccccc1)c1ccc(OC)c(OC)c1. The summed E-state index contributed by atoms with van der Waals surface area (Å²) >= 11 is 0. The number of nitrogens with zero attached hydrogens (tertiary/aromatic N) is 2. The van der Waals surface area contributed by atoms with Gasteiger partial charge < -0.3 is 14.2 Å². The second-order valence-corrected chi connectivity index (χ2v) is 9.38. The predicted octanol–water partition coefficient (Wildman–Crippen LogP) is 3.84. The van der Waals surface area contributed by atoms with E-state index in [2.05, 4.69) is 10.5 Å². The van der Waals surface area contributed by atoms with E-state index in [0.717, 1.165) is 9.87 Å². The van der Waals surface area contributed by atoms with Gasteiger partial charge in [0.25, 0.3) is 15.9 Å². The number of hydrogen-bond donors (Lipinski definition) is 1. The summed E-state index contributed by atoms with van der Waals surface area (Å²) in [6, 6.07) is 19.8. The van der Waals surface area contributed by atoms with Crippen LogP contribution in [0.5, 0.6) is 17.2 Å². The third-order valence-corrected chi connectivity index (χ3v) is 7.11. The van der Waals surface area contributed by atoms with Gasteiger partial charge in [0.15, 0.2) is 11.5 Å². The van der Waals surface area contributed by atoms with Crippen LogP contribution in [-0.2, 0) is 14.8 Å². The van der Waals surface area contributed by atoms with E-state index >= 15 is 0 Å². The molecule has 0 aromatic heterocycles. The molecule has 0 unspecified atom stereocenters. The van der Waals surface area contributed by atoms with Gasteiger partial charge in [0.2, 0.25) is 0 Å². The summed E-state index contributed by atoms with van der Waals surface area (Å²) in [5, 5.41) is 4.26. The number of rotatable bonds is 11. The van der Waals surface area contributed by atoms with Crippen molar-refractivity contribution in [3.8, 4) is 17.2 Å². The van der Waals surface area contributed by atoms with Gasteiger partial charge in [-0.25, -0.2) is 13.8 Å². The molecule has 3 aromatic rings. The number of nitrogens with one attached hydrogen (secondary N) is 1. The zero-order chi connectivity index (χ0) is 26.1. The van der Waals surface area contributed by atoms with E-state index in [1.165, 1.54) is 26.4 Å². The van der Waals surface area contributed by atoms with Crippen LogP contribution in [0, 0.1) is 0 Å². The number of para-hydroxylation sites is 2. The molecule has 0 saturated heterocycles. The average Bonchev–Trinajstić information content (AvgIpc) is 2.92. The first-order chi connectivity index (χ1) is 17.3. The molecule has 0 atom stereocenters. The van der Waals surface area contributed by atoms with Crippen molar-refractivity contribution >= 4 is 27.3 Å². The lowest BCUT2D eigenvalue weighted by Gasteiger charge is -2.25. The second kappa shape index (κ2) is 12.1. The molecule has 190 valence electrons. The molecule has 36 heavy (non-hydrogen) atoms. The first-order valence-electron chi connectivity index (χ1n) is 11.1. The maximum atomic E-state index is 13.5. The fourth-order valence-electron chi connectivity index (χ4n) is 3.51. The number of methoxy groups -OCH3 is 3. The van der Waals surface area contributed by atoms with Crippen molar-refractivity contribution in [3.63, 3.8) is 0 Å². The standard InChI is InChI=1S/C26H29N3O6S/c1-5-21(19-15-16-24(34-3)25(17-19)35-4)27-28-26(30)18-29(22-13-9-10-14-23(22)33-2)36(31,32)20-11-7-6-8-12-20/h6-17H,5,18H2,1-4H3,(H,28,30)/b27-21-. The first kappa shape index (κ1) is 26.6. The van der Waals surface area contributed by atoms with Crippen LogP contribution < -0.4 is 23.9 Å². The van der Waals surface area contributed by atoms with E-state index in [9.17, 15) is 13.2 Å². The summed E-state index contributed by atoms with van der Waals surface area (Å²) < 4.78 is 44.0. The van der Waals surface area contributed by atoms with Crippen LogP contribution in [0.25, 0.3) is 0 Å². The van der Waals surface area contributed by atoms with Crippen LogP contribution >= 0.6 is 0 Å². The Bertz CT molecular complexity index is 1330. The van der Waals surface area contributed by atoms with Crippen molar-refractivity contribution in [2.24, 2.45) is 5.10 Å². The lowest BCUT2D eigenvalue weighted by molar-refractivity contribution is -0.119. The minimum atomic E-state index is -4.08. The molecule has 0 bridgehead atoms. The molecule has 3 aromatic carbocycles. The topological polar surface area (TPSA) is 107 Å². The van der Waals surface area contributed by atoms with Crippen LogP contribution in [0.4, 0.5) is 5.69 Å². The Labute approximate surface area is 211 Å². The number of benzene rings is 3. The normalized spacial score (nSPS) is 11.5. The van der Waals surface area contributed by atoms with Crippen molar-refractivity contribution in [3.05, 3.63) is 78.4 Å². The van der Waals surface area contributed by atoms with Gasteiger partial charge in [-0.1, -0.05) is 37.3 Å². The zero-order valence-electron chi connectivity index (χ0n) is 20.6. The van der Waals surface area contributed by atoms with Gasteiger partial charge in [-0.05, 0) is 48.9 Å². The molecule has 0 spiro atoms. The molecule has 1 N–H and O–H groups in total. The minimum Gasteiger partial charge on any atom is -0.495 e. The Hall–Kier alpha value is -4.05. The molecule has 1 amide bonds. The van der Waals surface area contributed by atoms with Crippen molar-refractivity contribution in [2.45, 2.75) is 18.2 Å². The van der Waals surface area contributed by atoms with Gasteiger partial charge in [-0.3, -0.25) is 9.10 Å². The number of carbonyl (C=O) groups excluding carboxylic acids is 1. The van der Waals surface area contributed by atoms with Crippen LogP contribution in [0.2, 0.25) is 0 Å². The molecule has 0 aliphatic heterocycles. The van der Waals surface area contributed by atoms with Crippen molar-refractivity contribution in [2.75, 3.05) is 32.2 Å². The van der Waals surface area contributed by atoms with E-state index in [1.807, 2.05) is 6.92 Å². The highest BCUT2D eigenvalue weighted by molar-refractivity contribution is 7.92. The summed E-state index contributed by atoms with van der Waals surface area (Å²) in [5.41, 5.74) is 4.04. The van der Waals surface area contributed by atoms with E-state index in [-0.39, 0.29) is 10.6 Å². The van der Waals surface area contributed by atoms with Crippen molar-refractivity contribution in [1.29, 1.82) is 0 Å². The minimum absolute atomic E-state index is 0.0479. The van der Waals surface area contributed by atoms with Crippen molar-refractivity contribution in [1.82, 2.24) is 5.43 Å². The van der Waals surface area contributed by atoms with Gasteiger partial charge in [-0.2, -0.15) is 5.10 Å². The Morgan fingerprint density at radius 1 is 0.861 bits per heavy atom. The first-order valence-corrected chi connectivity index (χ1v) is 12.6. The number of hydrazone groups is 1. The van der Waals surface area contributed by atoms with Gasteiger partial charge in [0.1, 0.15) is 12.3 Å². The number of carbonyl (C=O) groups is 1. The Kier molecular flexibility index (Phi) is 8.91. The van der Waals surface area contributed by atoms with Gasteiger partial charge in [0, 0.05) is 5.56 Å². The maximum Gasteiger partial charge on any atom is 0.264 e. The monoisotopic (exact) mass is 511 g/mol. The molecular formula is C26H29N3O6S. The van der Waals surface area contributed by atoms with Gasteiger partial charge in [0.05, 0.1) is 37.6 Å². The molecule has 0 aliphatic rings. The van der Waals surface area contributed by atoms with Crippen molar-refractivity contribution < 1.29 is 27.4 Å². The average molecular weight is 512 g/mol. The van der Waals surface area contributed by atoms with E-state index in [0.29, 0.717) is 29.4 Å². The second-order valence-electron chi connectivity index (χ2n) is 7.51. The molecule has 9 nitrogen and oxygen atoms in total. The summed E-state index contributed by atoms with van der Waals surface area (Å²) in [7, 11) is 0.435. The lowest BCUT2D eigenvalue weighted by atomic mass is 10.1. The molecule has 0 heterocycles. The van der Waals surface area contributed by atoms with Crippen LogP contribution in [-0.4, -0.2) is 47.9 Å². The highest BCUT2D eigenvalue weighted by Crippen LogP contribution is 2.32. The third-order valence-electron chi connectivity index (χ3n) is 5.34. The van der Waals surface area contributed by atoms with E-state index in [1.54, 1.807) is 67.8 Å².